The molecule has 2 rings (SSSR count). The fraction of sp³-hybridized carbons (Fsp3) is 0.833. The standard InChI is InChI=1S/C12H21N3O/c1-3-10-5-4-6-11(10)13-8-7-12-14-9(2)16-15-12/h10-11,13H,3-8H2,1-2H3. The largest absolute Gasteiger partial charge is 0.340 e. The van der Waals surface area contributed by atoms with E-state index in [0.717, 1.165) is 24.7 Å². The fourth-order valence-electron chi connectivity index (χ4n) is 2.61. The summed E-state index contributed by atoms with van der Waals surface area (Å²) in [6.45, 7) is 5.07. The molecule has 1 saturated carbocycles. The first-order valence-corrected chi connectivity index (χ1v) is 6.32. The van der Waals surface area contributed by atoms with Gasteiger partial charge in [0, 0.05) is 25.9 Å². The third kappa shape index (κ3) is 2.82. The summed E-state index contributed by atoms with van der Waals surface area (Å²) in [7, 11) is 0. The number of nitrogens with zero attached hydrogens (tertiary/aromatic N) is 2. The molecule has 0 radical (unpaired) electrons. The van der Waals surface area contributed by atoms with Crippen LogP contribution in [-0.4, -0.2) is 22.7 Å². The SMILES string of the molecule is CCC1CCCC1NCCc1noc(C)n1. The summed E-state index contributed by atoms with van der Waals surface area (Å²) >= 11 is 0. The Morgan fingerprint density at radius 3 is 3.00 bits per heavy atom. The van der Waals surface area contributed by atoms with Gasteiger partial charge in [-0.25, -0.2) is 0 Å². The Balaban J connectivity index is 1.71. The van der Waals surface area contributed by atoms with Crippen molar-refractivity contribution in [2.45, 2.75) is 52.0 Å². The molecule has 90 valence electrons. The molecule has 0 amide bonds. The van der Waals surface area contributed by atoms with Crippen LogP contribution in [0, 0.1) is 12.8 Å². The van der Waals surface area contributed by atoms with Crippen LogP contribution in [-0.2, 0) is 6.42 Å². The van der Waals surface area contributed by atoms with Gasteiger partial charge in [0.2, 0.25) is 5.89 Å². The van der Waals surface area contributed by atoms with E-state index in [1.807, 2.05) is 6.92 Å². The van der Waals surface area contributed by atoms with Gasteiger partial charge in [0.15, 0.2) is 5.82 Å². The molecular formula is C12H21N3O. The summed E-state index contributed by atoms with van der Waals surface area (Å²) in [4.78, 5) is 4.20. The van der Waals surface area contributed by atoms with Gasteiger partial charge >= 0.3 is 0 Å². The van der Waals surface area contributed by atoms with E-state index in [-0.39, 0.29) is 0 Å². The van der Waals surface area contributed by atoms with Crippen LogP contribution in [0.2, 0.25) is 0 Å². The van der Waals surface area contributed by atoms with Crippen molar-refractivity contribution in [1.82, 2.24) is 15.5 Å². The van der Waals surface area contributed by atoms with E-state index in [9.17, 15) is 0 Å². The van der Waals surface area contributed by atoms with Gasteiger partial charge < -0.3 is 9.84 Å². The average molecular weight is 223 g/mol. The van der Waals surface area contributed by atoms with Crippen molar-refractivity contribution in [2.75, 3.05) is 6.54 Å². The molecule has 1 heterocycles. The molecule has 0 bridgehead atoms. The molecule has 1 aromatic rings. The van der Waals surface area contributed by atoms with E-state index in [4.69, 9.17) is 4.52 Å². The minimum atomic E-state index is 0.655. The minimum Gasteiger partial charge on any atom is -0.340 e. The van der Waals surface area contributed by atoms with Gasteiger partial charge in [-0.2, -0.15) is 4.98 Å². The summed E-state index contributed by atoms with van der Waals surface area (Å²) in [5.74, 6) is 2.34. The third-order valence-corrected chi connectivity index (χ3v) is 3.51. The molecule has 4 heteroatoms. The topological polar surface area (TPSA) is 51.0 Å². The monoisotopic (exact) mass is 223 g/mol. The van der Waals surface area contributed by atoms with Crippen molar-refractivity contribution in [2.24, 2.45) is 5.92 Å². The smallest absolute Gasteiger partial charge is 0.223 e. The van der Waals surface area contributed by atoms with Crippen LogP contribution < -0.4 is 5.32 Å². The van der Waals surface area contributed by atoms with E-state index in [1.54, 1.807) is 0 Å². The van der Waals surface area contributed by atoms with Crippen molar-refractivity contribution >= 4 is 0 Å². The van der Waals surface area contributed by atoms with E-state index in [0.29, 0.717) is 11.9 Å². The molecule has 1 aliphatic carbocycles. The predicted octanol–water partition coefficient (Wildman–Crippen LogP) is 2.09. The zero-order valence-corrected chi connectivity index (χ0v) is 10.2. The Bertz CT molecular complexity index is 324. The first kappa shape index (κ1) is 11.6. The number of rotatable bonds is 5. The van der Waals surface area contributed by atoms with Gasteiger partial charge in [-0.05, 0) is 18.8 Å². The molecule has 0 spiro atoms. The molecule has 1 fully saturated rings. The number of nitrogens with one attached hydrogen (secondary N) is 1. The van der Waals surface area contributed by atoms with Crippen molar-refractivity contribution in [3.63, 3.8) is 0 Å². The van der Waals surface area contributed by atoms with Crippen molar-refractivity contribution < 1.29 is 4.52 Å². The van der Waals surface area contributed by atoms with Gasteiger partial charge in [0.05, 0.1) is 0 Å². The van der Waals surface area contributed by atoms with E-state index in [2.05, 4.69) is 22.4 Å². The Kier molecular flexibility index (Phi) is 3.93. The maximum atomic E-state index is 4.94. The van der Waals surface area contributed by atoms with Crippen LogP contribution in [0.5, 0.6) is 0 Å². The number of aryl methyl sites for hydroxylation is 1. The molecule has 0 saturated heterocycles. The Morgan fingerprint density at radius 1 is 1.44 bits per heavy atom. The fourth-order valence-corrected chi connectivity index (χ4v) is 2.61. The third-order valence-electron chi connectivity index (χ3n) is 3.51. The first-order chi connectivity index (χ1) is 7.79. The van der Waals surface area contributed by atoms with Gasteiger partial charge in [-0.15, -0.1) is 0 Å². The highest BCUT2D eigenvalue weighted by molar-refractivity contribution is 4.87. The summed E-state index contributed by atoms with van der Waals surface area (Å²) in [5, 5.41) is 7.51. The molecular weight excluding hydrogens is 202 g/mol. The zero-order valence-electron chi connectivity index (χ0n) is 10.2. The molecule has 2 atom stereocenters. The lowest BCUT2D eigenvalue weighted by molar-refractivity contribution is 0.378. The summed E-state index contributed by atoms with van der Waals surface area (Å²) in [6, 6.07) is 0.706. The van der Waals surface area contributed by atoms with Crippen LogP contribution in [0.1, 0.15) is 44.3 Å². The molecule has 4 nitrogen and oxygen atoms in total. The highest BCUT2D eigenvalue weighted by Crippen LogP contribution is 2.27. The van der Waals surface area contributed by atoms with Crippen LogP contribution in [0.3, 0.4) is 0 Å². The maximum absolute atomic E-state index is 4.94. The minimum absolute atomic E-state index is 0.655. The van der Waals surface area contributed by atoms with Crippen LogP contribution in [0.4, 0.5) is 0 Å². The highest BCUT2D eigenvalue weighted by atomic mass is 16.5. The summed E-state index contributed by atoms with van der Waals surface area (Å²) < 4.78 is 4.94. The molecule has 0 aliphatic heterocycles. The molecule has 1 aromatic heterocycles. The van der Waals surface area contributed by atoms with Gasteiger partial charge in [0.1, 0.15) is 0 Å². The normalized spacial score (nSPS) is 25.1. The number of aromatic nitrogens is 2. The Morgan fingerprint density at radius 2 is 2.31 bits per heavy atom. The lowest BCUT2D eigenvalue weighted by Crippen LogP contribution is -2.33. The van der Waals surface area contributed by atoms with Crippen LogP contribution >= 0.6 is 0 Å². The zero-order chi connectivity index (χ0) is 11.4. The highest BCUT2D eigenvalue weighted by Gasteiger charge is 2.24. The van der Waals surface area contributed by atoms with Crippen LogP contribution in [0.25, 0.3) is 0 Å². The first-order valence-electron chi connectivity index (χ1n) is 6.32. The van der Waals surface area contributed by atoms with Gasteiger partial charge in [-0.3, -0.25) is 0 Å². The molecule has 1 aliphatic rings. The van der Waals surface area contributed by atoms with Crippen molar-refractivity contribution in [1.29, 1.82) is 0 Å². The van der Waals surface area contributed by atoms with E-state index < -0.39 is 0 Å². The molecule has 0 aromatic carbocycles. The lowest BCUT2D eigenvalue weighted by atomic mass is 10.0. The summed E-state index contributed by atoms with van der Waals surface area (Å²) in [5.41, 5.74) is 0. The van der Waals surface area contributed by atoms with Crippen molar-refractivity contribution in [3.8, 4) is 0 Å². The lowest BCUT2D eigenvalue weighted by Gasteiger charge is -2.18. The number of hydrogen-bond acceptors (Lipinski definition) is 4. The number of hydrogen-bond donors (Lipinski definition) is 1. The second-order valence-electron chi connectivity index (χ2n) is 4.64. The molecule has 1 N–H and O–H groups in total. The van der Waals surface area contributed by atoms with Crippen LogP contribution in [0.15, 0.2) is 4.52 Å². The van der Waals surface area contributed by atoms with E-state index in [1.165, 1.54) is 25.7 Å². The second kappa shape index (κ2) is 5.43. The quantitative estimate of drug-likeness (QED) is 0.830. The second-order valence-corrected chi connectivity index (χ2v) is 4.64. The van der Waals surface area contributed by atoms with Crippen molar-refractivity contribution in [3.05, 3.63) is 11.7 Å². The predicted molar refractivity (Wildman–Crippen MR) is 62.2 cm³/mol. The molecule has 16 heavy (non-hydrogen) atoms. The average Bonchev–Trinajstić information content (AvgIpc) is 2.87. The molecule has 2 unspecified atom stereocenters. The van der Waals surface area contributed by atoms with Gasteiger partial charge in [0.25, 0.3) is 0 Å². The Labute approximate surface area is 96.8 Å². The summed E-state index contributed by atoms with van der Waals surface area (Å²) in [6.07, 6.45) is 6.24. The van der Waals surface area contributed by atoms with Gasteiger partial charge in [-0.1, -0.05) is 24.9 Å². The maximum Gasteiger partial charge on any atom is 0.223 e. The van der Waals surface area contributed by atoms with E-state index >= 15 is 0 Å². The Hall–Kier alpha value is -0.900.